The van der Waals surface area contributed by atoms with Crippen molar-refractivity contribution in [2.75, 3.05) is 70.7 Å². The van der Waals surface area contributed by atoms with Crippen molar-refractivity contribution in [1.82, 2.24) is 0 Å². The number of benzene rings is 3. The summed E-state index contributed by atoms with van der Waals surface area (Å²) in [5, 5.41) is 14.7. The Kier molecular flexibility index (Phi) is 24.8. The molecule has 0 aliphatic heterocycles. The minimum atomic E-state index is -0.989. The number of amides is 1. The Hall–Kier alpha value is -6.02. The van der Waals surface area contributed by atoms with Crippen LogP contribution in [0.25, 0.3) is 0 Å². The quantitative estimate of drug-likeness (QED) is 0.105. The molecule has 0 heterocycles. The third-order valence-corrected chi connectivity index (χ3v) is 6.59. The number of methoxy groups -OCH3 is 5. The van der Waals surface area contributed by atoms with Crippen molar-refractivity contribution in [3.63, 3.8) is 0 Å². The summed E-state index contributed by atoms with van der Waals surface area (Å²) in [4.78, 5) is 47.2. The third-order valence-electron chi connectivity index (χ3n) is 6.59. The number of nitrogens with one attached hydrogen (secondary N) is 2. The average molecular weight is 784 g/mol. The number of terminal acetylenes is 3. The molecule has 294 valence electrons. The zero-order valence-corrected chi connectivity index (χ0v) is 35.0. The average Bonchev–Trinajstić information content (AvgIpc) is 3.16. The first kappa shape index (κ1) is 52.1. The predicted octanol–water partition coefficient (Wildman–Crippen LogP) is 2.65. The molecule has 15 nitrogen and oxygen atoms in total. The van der Waals surface area contributed by atoms with Gasteiger partial charge in [0.2, 0.25) is 0 Å². The zero-order valence-electron chi connectivity index (χ0n) is 33.0. The van der Waals surface area contributed by atoms with Gasteiger partial charge in [-0.25, -0.2) is 19.2 Å². The van der Waals surface area contributed by atoms with Gasteiger partial charge in [0, 0.05) is 0 Å². The molecule has 0 atom stereocenters. The van der Waals surface area contributed by atoms with E-state index in [9.17, 15) is 19.2 Å². The number of carbonyl (C=O) groups is 4. The molecule has 0 fully saturated rings. The van der Waals surface area contributed by atoms with Gasteiger partial charge in [0.25, 0.3) is 0 Å². The maximum Gasteiger partial charge on any atom is 1.00 e. The van der Waals surface area contributed by atoms with Crippen LogP contribution in [0.4, 0.5) is 21.9 Å². The molecule has 0 bridgehead atoms. The maximum atomic E-state index is 12.4. The summed E-state index contributed by atoms with van der Waals surface area (Å²) in [6.45, 7) is 6.04. The van der Waals surface area contributed by atoms with Crippen LogP contribution in [0.15, 0.2) is 54.6 Å². The van der Waals surface area contributed by atoms with Crippen LogP contribution in [0, 0.1) is 37.0 Å². The number of aromatic carboxylic acids is 1. The van der Waals surface area contributed by atoms with E-state index in [1.165, 1.54) is 64.7 Å². The number of rotatable bonds is 12. The zero-order chi connectivity index (χ0) is 40.8. The van der Waals surface area contributed by atoms with E-state index in [-0.39, 0.29) is 47.1 Å². The van der Waals surface area contributed by atoms with Gasteiger partial charge in [0.1, 0.15) is 22.8 Å². The maximum absolute atomic E-state index is 12.4. The summed E-state index contributed by atoms with van der Waals surface area (Å²) in [5.41, 5.74) is 2.09. The van der Waals surface area contributed by atoms with E-state index in [0.29, 0.717) is 52.8 Å². The van der Waals surface area contributed by atoms with Gasteiger partial charge in [-0.3, -0.25) is 4.90 Å². The Morgan fingerprint density at radius 2 is 1.09 bits per heavy atom. The van der Waals surface area contributed by atoms with Gasteiger partial charge in [0.05, 0.1) is 88.9 Å². The monoisotopic (exact) mass is 783 g/mol. The van der Waals surface area contributed by atoms with Crippen LogP contribution in [0.2, 0.25) is 0 Å². The van der Waals surface area contributed by atoms with Crippen LogP contribution >= 0.6 is 0 Å². The molecule has 0 radical (unpaired) electrons. The first-order chi connectivity index (χ1) is 25.6. The van der Waals surface area contributed by atoms with Gasteiger partial charge in [-0.15, -0.1) is 19.3 Å². The smallest absolute Gasteiger partial charge is 0.870 e. The number of ether oxygens (including phenoxy) is 6. The van der Waals surface area contributed by atoms with Crippen molar-refractivity contribution in [3.05, 3.63) is 71.3 Å². The number of nitrogens with zero attached hydrogens (tertiary/aromatic N) is 1. The summed E-state index contributed by atoms with van der Waals surface area (Å²) in [7, 11) is 7.05. The molecule has 0 aliphatic carbocycles. The van der Waals surface area contributed by atoms with Crippen molar-refractivity contribution >= 4 is 41.1 Å². The number of carbonyl (C=O) groups excluding carboxylic acids is 3. The number of carboxylic acids is 1. The van der Waals surface area contributed by atoms with E-state index in [1.54, 1.807) is 51.1 Å². The molecule has 4 N–H and O–H groups in total. The summed E-state index contributed by atoms with van der Waals surface area (Å²) in [6, 6.07) is 14.1. The Balaban J connectivity index is 0. The number of hydrogen-bond acceptors (Lipinski definition) is 13. The minimum absolute atomic E-state index is 0. The normalized spacial score (nSPS) is 9.30. The molecule has 0 unspecified atom stereocenters. The van der Waals surface area contributed by atoms with Crippen LogP contribution in [-0.2, 0) is 14.2 Å². The van der Waals surface area contributed by atoms with Gasteiger partial charge in [0.15, 0.2) is 0 Å². The van der Waals surface area contributed by atoms with E-state index < -0.39 is 29.6 Å². The topological polar surface area (TPSA) is 201 Å². The van der Waals surface area contributed by atoms with Gasteiger partial charge in [-0.05, 0) is 75.4 Å². The van der Waals surface area contributed by atoms with Crippen LogP contribution < -0.4 is 59.3 Å². The second kappa shape index (κ2) is 26.7. The van der Waals surface area contributed by atoms with E-state index >= 15 is 0 Å². The van der Waals surface area contributed by atoms with Crippen molar-refractivity contribution in [1.29, 1.82) is 0 Å². The summed E-state index contributed by atoms with van der Waals surface area (Å²) in [6.07, 6.45) is 15.0. The number of anilines is 3. The molecule has 0 aromatic heterocycles. The number of esters is 2. The summed E-state index contributed by atoms with van der Waals surface area (Å²) >= 11 is 0. The Morgan fingerprint density at radius 1 is 0.679 bits per heavy atom. The Bertz CT molecular complexity index is 1890. The van der Waals surface area contributed by atoms with Crippen molar-refractivity contribution in [2.24, 2.45) is 0 Å². The van der Waals surface area contributed by atoms with Gasteiger partial charge < -0.3 is 49.6 Å². The molecule has 3 rings (SSSR count). The van der Waals surface area contributed by atoms with E-state index in [4.69, 9.17) is 43.3 Å². The number of hydrogen-bond donors (Lipinski definition) is 3. The van der Waals surface area contributed by atoms with E-state index in [2.05, 4.69) is 37.9 Å². The van der Waals surface area contributed by atoms with Crippen molar-refractivity contribution in [3.8, 4) is 54.3 Å². The standard InChI is InChI=1S/C17H21NO5.C12H13NO3.C11H11NO3.Na.H2O/c1-7-10-18(16(20)23-17(2,3)4)13-9-8-12(15(19)22-6)11-14(13)21-5;1-4-7-13-10-6-5-9(12(14)16-3)8-11(10)15-2;1-3-6-12-9-5-4-8(11(13)14)7-10(9)15-2;;/h1,8-9,11H,10H2,2-6H3;1,5-6,8,13H,7H2,2-3H3;1,4-5,7,12H,6H2,2H3,(H,13,14);;1H2/q;;;+1;/p-1. The van der Waals surface area contributed by atoms with Crippen LogP contribution in [-0.4, -0.2) is 95.4 Å². The molecule has 0 saturated heterocycles. The van der Waals surface area contributed by atoms with Crippen molar-refractivity contribution < 1.29 is 87.7 Å². The fraction of sp³-hybridized carbons (Fsp3) is 0.300. The van der Waals surface area contributed by atoms with Gasteiger partial charge in [-0.2, -0.15) is 0 Å². The SMILES string of the molecule is C#CCN(C(=O)OC(C)(C)C)c1ccc(C(=O)OC)cc1OC.C#CCNc1ccc(C(=O)O)cc1OC.C#CCNc1ccc(C(=O)OC)cc1OC.[Na+].[OH-]. The van der Waals surface area contributed by atoms with Gasteiger partial charge in [-0.1, -0.05) is 17.8 Å². The molecule has 0 spiro atoms. The second-order valence-corrected chi connectivity index (χ2v) is 11.4. The van der Waals surface area contributed by atoms with Crippen LogP contribution in [0.5, 0.6) is 17.2 Å². The Labute approximate surface area is 349 Å². The molecule has 56 heavy (non-hydrogen) atoms. The fourth-order valence-electron chi connectivity index (χ4n) is 4.15. The first-order valence-corrected chi connectivity index (χ1v) is 15.9. The first-order valence-electron chi connectivity index (χ1n) is 15.9. The fourth-order valence-corrected chi connectivity index (χ4v) is 4.15. The van der Waals surface area contributed by atoms with E-state index in [0.717, 1.165) is 5.69 Å². The molecule has 1 amide bonds. The summed E-state index contributed by atoms with van der Waals surface area (Å²) < 4.78 is 30.1. The molecule has 0 saturated carbocycles. The molecule has 0 aliphatic rings. The molecule has 3 aromatic rings. The predicted molar refractivity (Wildman–Crippen MR) is 208 cm³/mol. The summed E-state index contributed by atoms with van der Waals surface area (Å²) in [5.74, 6) is 6.73. The van der Waals surface area contributed by atoms with Crippen molar-refractivity contribution in [2.45, 2.75) is 26.4 Å². The van der Waals surface area contributed by atoms with Gasteiger partial charge >= 0.3 is 53.6 Å². The second-order valence-electron chi connectivity index (χ2n) is 11.4. The van der Waals surface area contributed by atoms with Crippen LogP contribution in [0.1, 0.15) is 51.8 Å². The minimum Gasteiger partial charge on any atom is -0.870 e. The molecule has 3 aromatic carbocycles. The third kappa shape index (κ3) is 17.0. The largest absolute Gasteiger partial charge is 1.00 e. The molecular weight excluding hydrogens is 737 g/mol. The van der Waals surface area contributed by atoms with Crippen LogP contribution in [0.3, 0.4) is 0 Å². The van der Waals surface area contributed by atoms with E-state index in [1.807, 2.05) is 0 Å². The molecular formula is C40H46N3NaO12. The molecule has 16 heteroatoms. The Morgan fingerprint density at radius 3 is 1.46 bits per heavy atom. The number of carboxylic acid groups (broad SMARTS) is 1.